The maximum absolute atomic E-state index is 12.9. The first-order valence-electron chi connectivity index (χ1n) is 10.5. The highest BCUT2D eigenvalue weighted by Gasteiger charge is 2.21. The first-order chi connectivity index (χ1) is 16.4. The van der Waals surface area contributed by atoms with E-state index >= 15 is 0 Å². The Hall–Kier alpha value is -3.98. The Morgan fingerprint density at radius 2 is 1.88 bits per heavy atom. The van der Waals surface area contributed by atoms with Crippen LogP contribution in [-0.4, -0.2) is 31.4 Å². The van der Waals surface area contributed by atoms with Gasteiger partial charge in [0.2, 0.25) is 5.89 Å². The van der Waals surface area contributed by atoms with E-state index in [1.165, 1.54) is 19.2 Å². The number of amides is 1. The molecule has 0 bridgehead atoms. The number of hydrogen-bond donors (Lipinski definition) is 1. The molecule has 34 heavy (non-hydrogen) atoms. The second-order valence-corrected chi connectivity index (χ2v) is 9.57. The van der Waals surface area contributed by atoms with Crippen molar-refractivity contribution in [2.75, 3.05) is 7.11 Å². The highest BCUT2D eigenvalue weighted by atomic mass is 32.2. The molecule has 9 heteroatoms. The molecule has 4 rings (SSSR count). The van der Waals surface area contributed by atoms with Crippen LogP contribution in [0, 0.1) is 6.92 Å². The smallest absolute Gasteiger partial charge is 0.251 e. The van der Waals surface area contributed by atoms with Crippen LogP contribution in [0.2, 0.25) is 0 Å². The number of ether oxygens (including phenoxy) is 1. The largest absolute Gasteiger partial charge is 0.497 e. The van der Waals surface area contributed by atoms with Crippen LogP contribution in [0.25, 0.3) is 11.5 Å². The molecule has 174 valence electrons. The van der Waals surface area contributed by atoms with Crippen LogP contribution < -0.4 is 10.1 Å². The summed E-state index contributed by atoms with van der Waals surface area (Å²) >= 11 is 0. The summed E-state index contributed by atoms with van der Waals surface area (Å²) in [7, 11) is -2.16. The van der Waals surface area contributed by atoms with Crippen molar-refractivity contribution < 1.29 is 22.4 Å². The highest BCUT2D eigenvalue weighted by molar-refractivity contribution is 7.90. The molecule has 2 aromatic heterocycles. The molecule has 0 radical (unpaired) electrons. The van der Waals surface area contributed by atoms with Crippen molar-refractivity contribution in [1.29, 1.82) is 0 Å². The van der Waals surface area contributed by atoms with Crippen molar-refractivity contribution in [2.45, 2.75) is 24.1 Å². The Labute approximate surface area is 197 Å². The van der Waals surface area contributed by atoms with Gasteiger partial charge in [0.05, 0.1) is 17.7 Å². The van der Waals surface area contributed by atoms with Gasteiger partial charge in [-0.15, -0.1) is 0 Å². The van der Waals surface area contributed by atoms with Gasteiger partial charge in [-0.2, -0.15) is 0 Å². The number of carbonyl (C=O) groups excluding carboxylic acids is 1. The van der Waals surface area contributed by atoms with Crippen LogP contribution in [0.4, 0.5) is 0 Å². The zero-order chi connectivity index (χ0) is 24.1. The topological polar surface area (TPSA) is 111 Å². The Bertz CT molecular complexity index is 1400. The summed E-state index contributed by atoms with van der Waals surface area (Å²) in [5.74, 6) is 0.646. The van der Waals surface area contributed by atoms with E-state index < -0.39 is 9.84 Å². The Balaban J connectivity index is 1.46. The number of aromatic nitrogens is 2. The number of nitrogens with one attached hydrogen (secondary N) is 1. The fourth-order valence-electron chi connectivity index (χ4n) is 3.29. The molecule has 4 aromatic rings. The molecule has 0 saturated heterocycles. The molecule has 0 unspecified atom stereocenters. The first kappa shape index (κ1) is 23.2. The minimum absolute atomic E-state index is 0.150. The molecule has 0 aliphatic heterocycles. The number of sulfone groups is 1. The summed E-state index contributed by atoms with van der Waals surface area (Å²) in [6, 6.07) is 16.8. The van der Waals surface area contributed by atoms with E-state index in [0.717, 1.165) is 5.56 Å². The number of methoxy groups -OCH3 is 1. The maximum Gasteiger partial charge on any atom is 0.251 e. The molecular formula is C25H23N3O5S. The molecule has 2 heterocycles. The predicted molar refractivity (Wildman–Crippen MR) is 126 cm³/mol. The molecular weight excluding hydrogens is 454 g/mol. The van der Waals surface area contributed by atoms with E-state index in [4.69, 9.17) is 9.15 Å². The van der Waals surface area contributed by atoms with Crippen LogP contribution in [0.15, 0.2) is 82.4 Å². The van der Waals surface area contributed by atoms with Gasteiger partial charge in [0, 0.05) is 30.1 Å². The average molecular weight is 478 g/mol. The number of benzene rings is 2. The summed E-state index contributed by atoms with van der Waals surface area (Å²) in [4.78, 5) is 21.0. The minimum Gasteiger partial charge on any atom is -0.497 e. The molecule has 0 aliphatic carbocycles. The van der Waals surface area contributed by atoms with Crippen molar-refractivity contribution in [3.63, 3.8) is 0 Å². The van der Waals surface area contributed by atoms with E-state index in [2.05, 4.69) is 15.3 Å². The van der Waals surface area contributed by atoms with Gasteiger partial charge in [0.15, 0.2) is 9.84 Å². The quantitative estimate of drug-likeness (QED) is 0.409. The van der Waals surface area contributed by atoms with Gasteiger partial charge in [-0.3, -0.25) is 9.78 Å². The number of rotatable bonds is 8. The number of carbonyl (C=O) groups is 1. The molecule has 0 atom stereocenters. The lowest BCUT2D eigenvalue weighted by atomic mass is 10.1. The summed E-state index contributed by atoms with van der Waals surface area (Å²) in [5, 5.41) is 2.84. The first-order valence-corrected chi connectivity index (χ1v) is 12.1. The SMILES string of the molecule is COc1cccc(S(=O)(=O)Cc2nc(-c3ccc(C(=O)NCc4cccnc4)cc3)oc2C)c1. The van der Waals surface area contributed by atoms with E-state index in [1.807, 2.05) is 12.1 Å². The molecule has 0 fully saturated rings. The normalized spacial score (nSPS) is 11.2. The number of aryl methyl sites for hydroxylation is 1. The van der Waals surface area contributed by atoms with E-state index in [0.29, 0.717) is 34.9 Å². The second kappa shape index (κ2) is 9.88. The van der Waals surface area contributed by atoms with E-state index in [1.54, 1.807) is 55.7 Å². The van der Waals surface area contributed by atoms with Crippen LogP contribution in [0.3, 0.4) is 0 Å². The lowest BCUT2D eigenvalue weighted by molar-refractivity contribution is 0.0951. The Morgan fingerprint density at radius 3 is 2.59 bits per heavy atom. The lowest BCUT2D eigenvalue weighted by Gasteiger charge is -2.05. The van der Waals surface area contributed by atoms with E-state index in [-0.39, 0.29) is 22.4 Å². The zero-order valence-electron chi connectivity index (χ0n) is 18.7. The van der Waals surface area contributed by atoms with Crippen molar-refractivity contribution in [1.82, 2.24) is 15.3 Å². The third kappa shape index (κ3) is 5.32. The van der Waals surface area contributed by atoms with Crippen LogP contribution in [-0.2, 0) is 22.1 Å². The van der Waals surface area contributed by atoms with Gasteiger partial charge in [0.25, 0.3) is 5.91 Å². The van der Waals surface area contributed by atoms with Crippen LogP contribution in [0.1, 0.15) is 27.4 Å². The zero-order valence-corrected chi connectivity index (χ0v) is 19.5. The predicted octanol–water partition coefficient (Wildman–Crippen LogP) is 3.96. The van der Waals surface area contributed by atoms with Gasteiger partial charge in [-0.1, -0.05) is 12.1 Å². The summed E-state index contributed by atoms with van der Waals surface area (Å²) in [5.41, 5.74) is 2.35. The number of nitrogens with zero attached hydrogens (tertiary/aromatic N) is 2. The van der Waals surface area contributed by atoms with Crippen molar-refractivity contribution >= 4 is 15.7 Å². The fraction of sp³-hybridized carbons (Fsp3) is 0.160. The van der Waals surface area contributed by atoms with Gasteiger partial charge < -0.3 is 14.5 Å². The summed E-state index contributed by atoms with van der Waals surface area (Å²) < 4.78 is 36.6. The van der Waals surface area contributed by atoms with Crippen LogP contribution in [0.5, 0.6) is 5.75 Å². The molecule has 1 amide bonds. The Kier molecular flexibility index (Phi) is 6.74. The minimum atomic E-state index is -3.64. The van der Waals surface area contributed by atoms with E-state index in [9.17, 15) is 13.2 Å². The van der Waals surface area contributed by atoms with Crippen LogP contribution >= 0.6 is 0 Å². The van der Waals surface area contributed by atoms with Gasteiger partial charge in [-0.05, 0) is 61.0 Å². The van der Waals surface area contributed by atoms with Gasteiger partial charge in [0.1, 0.15) is 17.3 Å². The highest BCUT2D eigenvalue weighted by Crippen LogP contribution is 2.26. The lowest BCUT2D eigenvalue weighted by Crippen LogP contribution is -2.22. The Morgan fingerprint density at radius 1 is 1.09 bits per heavy atom. The summed E-state index contributed by atoms with van der Waals surface area (Å²) in [6.45, 7) is 2.05. The standard InChI is InChI=1S/C25H23N3O5S/c1-17-23(16-34(30,31)22-7-3-6-21(13-22)32-2)28-25(33-17)20-10-8-19(9-11-20)24(29)27-15-18-5-4-12-26-14-18/h3-14H,15-16H2,1-2H3,(H,27,29). The molecule has 2 aromatic carbocycles. The molecule has 0 spiro atoms. The number of pyridine rings is 1. The van der Waals surface area contributed by atoms with Crippen molar-refractivity contribution in [3.05, 3.63) is 95.6 Å². The van der Waals surface area contributed by atoms with Gasteiger partial charge >= 0.3 is 0 Å². The third-order valence-corrected chi connectivity index (χ3v) is 6.82. The number of hydrogen-bond acceptors (Lipinski definition) is 7. The van der Waals surface area contributed by atoms with Gasteiger partial charge in [-0.25, -0.2) is 13.4 Å². The van der Waals surface area contributed by atoms with Crippen molar-refractivity contribution in [2.24, 2.45) is 0 Å². The molecule has 0 aliphatic rings. The third-order valence-electron chi connectivity index (χ3n) is 5.19. The number of oxazole rings is 1. The average Bonchev–Trinajstić information content (AvgIpc) is 3.22. The summed E-state index contributed by atoms with van der Waals surface area (Å²) in [6.07, 6.45) is 3.37. The maximum atomic E-state index is 12.9. The molecule has 1 N–H and O–H groups in total. The second-order valence-electron chi connectivity index (χ2n) is 7.58. The monoisotopic (exact) mass is 477 g/mol. The fourth-order valence-corrected chi connectivity index (χ4v) is 4.67. The molecule has 8 nitrogen and oxygen atoms in total. The molecule has 0 saturated carbocycles. The van der Waals surface area contributed by atoms with Crippen molar-refractivity contribution in [3.8, 4) is 17.2 Å².